The van der Waals surface area contributed by atoms with Gasteiger partial charge in [-0.2, -0.15) is 0 Å². The number of thiazole rings is 1. The van der Waals surface area contributed by atoms with Gasteiger partial charge in [0.25, 0.3) is 0 Å². The summed E-state index contributed by atoms with van der Waals surface area (Å²) in [5, 5.41) is 7.85. The molecule has 0 atom stereocenters. The Bertz CT molecular complexity index is 989. The number of nitrogens with one attached hydrogen (secondary N) is 3. The number of hydrogen-bond donors (Lipinski definition) is 3. The Morgan fingerprint density at radius 3 is 2.57 bits per heavy atom. The van der Waals surface area contributed by atoms with Crippen molar-refractivity contribution in [1.82, 2.24) is 15.6 Å². The number of benzene rings is 1. The van der Waals surface area contributed by atoms with Crippen LogP contribution in [0.4, 0.5) is 14.3 Å². The average molecular weight is 429 g/mol. The number of amides is 3. The van der Waals surface area contributed by atoms with Crippen LogP contribution in [0, 0.1) is 12.7 Å². The van der Waals surface area contributed by atoms with Gasteiger partial charge in [0.05, 0.1) is 17.1 Å². The third-order valence-electron chi connectivity index (χ3n) is 3.59. The van der Waals surface area contributed by atoms with Crippen molar-refractivity contribution in [2.75, 3.05) is 24.7 Å². The number of sulfone groups is 1. The number of hydrogen-bond acceptors (Lipinski definition) is 6. The Morgan fingerprint density at radius 2 is 1.96 bits per heavy atom. The first kappa shape index (κ1) is 21.8. The van der Waals surface area contributed by atoms with Crippen molar-refractivity contribution in [3.63, 3.8) is 0 Å². The number of aromatic nitrogens is 1. The number of urea groups is 1. The molecule has 0 aliphatic heterocycles. The van der Waals surface area contributed by atoms with Crippen molar-refractivity contribution >= 4 is 38.2 Å². The highest BCUT2D eigenvalue weighted by Crippen LogP contribution is 2.34. The van der Waals surface area contributed by atoms with Crippen LogP contribution in [0.1, 0.15) is 19.0 Å². The molecule has 28 heavy (non-hydrogen) atoms. The Hall–Kier alpha value is -2.53. The topological polar surface area (TPSA) is 117 Å². The predicted molar refractivity (Wildman–Crippen MR) is 106 cm³/mol. The highest BCUT2D eigenvalue weighted by Gasteiger charge is 2.17. The van der Waals surface area contributed by atoms with Gasteiger partial charge in [0.1, 0.15) is 10.7 Å². The zero-order valence-electron chi connectivity index (χ0n) is 15.6. The summed E-state index contributed by atoms with van der Waals surface area (Å²) in [6.07, 6.45) is 1.73. The molecule has 0 unspecified atom stereocenters. The molecule has 3 amide bonds. The van der Waals surface area contributed by atoms with E-state index in [0.29, 0.717) is 22.7 Å². The van der Waals surface area contributed by atoms with Crippen LogP contribution < -0.4 is 16.0 Å². The molecule has 0 aliphatic rings. The summed E-state index contributed by atoms with van der Waals surface area (Å²) < 4.78 is 37.2. The summed E-state index contributed by atoms with van der Waals surface area (Å²) >= 11 is 1.11. The minimum absolute atomic E-state index is 0.165. The summed E-state index contributed by atoms with van der Waals surface area (Å²) in [7, 11) is -3.66. The van der Waals surface area contributed by atoms with Gasteiger partial charge in [0, 0.05) is 12.8 Å². The third-order valence-corrected chi connectivity index (χ3v) is 5.84. The van der Waals surface area contributed by atoms with Crippen LogP contribution in [0.3, 0.4) is 0 Å². The SMILES string of the molecule is CCCNC(=O)CNC(=O)Nc1nc(C)c(-c2ccc(S(C)(=O)=O)c(F)c2)s1. The zero-order valence-corrected chi connectivity index (χ0v) is 17.3. The van der Waals surface area contributed by atoms with Crippen LogP contribution in [-0.2, 0) is 14.6 Å². The molecule has 8 nitrogen and oxygen atoms in total. The second-order valence-electron chi connectivity index (χ2n) is 6.01. The molecule has 11 heteroatoms. The fourth-order valence-corrected chi connectivity index (χ4v) is 3.98. The first-order valence-corrected chi connectivity index (χ1v) is 11.1. The van der Waals surface area contributed by atoms with E-state index in [2.05, 4.69) is 20.9 Å². The van der Waals surface area contributed by atoms with Gasteiger partial charge in [-0.3, -0.25) is 10.1 Å². The van der Waals surface area contributed by atoms with Gasteiger partial charge in [0.15, 0.2) is 15.0 Å². The molecule has 1 aromatic heterocycles. The number of rotatable bonds is 7. The van der Waals surface area contributed by atoms with Gasteiger partial charge in [-0.25, -0.2) is 22.6 Å². The lowest BCUT2D eigenvalue weighted by atomic mass is 10.1. The minimum atomic E-state index is -3.66. The smallest absolute Gasteiger partial charge is 0.321 e. The van der Waals surface area contributed by atoms with Gasteiger partial charge in [-0.15, -0.1) is 0 Å². The molecule has 0 fully saturated rings. The van der Waals surface area contributed by atoms with Crippen LogP contribution in [0.5, 0.6) is 0 Å². The highest BCUT2D eigenvalue weighted by molar-refractivity contribution is 7.90. The number of anilines is 1. The summed E-state index contributed by atoms with van der Waals surface area (Å²) in [5.74, 6) is -1.15. The van der Waals surface area contributed by atoms with Gasteiger partial charge in [-0.1, -0.05) is 24.3 Å². The Labute approximate surface area is 166 Å². The highest BCUT2D eigenvalue weighted by atomic mass is 32.2. The van der Waals surface area contributed by atoms with Gasteiger partial charge in [0.2, 0.25) is 5.91 Å². The fraction of sp³-hybridized carbons (Fsp3) is 0.353. The molecule has 1 heterocycles. The Morgan fingerprint density at radius 1 is 1.25 bits per heavy atom. The quantitative estimate of drug-likeness (QED) is 0.626. The van der Waals surface area contributed by atoms with Crippen molar-refractivity contribution in [3.8, 4) is 10.4 Å². The van der Waals surface area contributed by atoms with Gasteiger partial charge >= 0.3 is 6.03 Å². The molecule has 1 aromatic carbocycles. The van der Waals surface area contributed by atoms with E-state index in [1.165, 1.54) is 12.1 Å². The molecular formula is C17H21FN4O4S2. The molecule has 0 saturated heterocycles. The number of aryl methyl sites for hydroxylation is 1. The van der Waals surface area contributed by atoms with Crippen LogP contribution >= 0.6 is 11.3 Å². The van der Waals surface area contributed by atoms with Crippen molar-refractivity contribution in [2.24, 2.45) is 0 Å². The lowest BCUT2D eigenvalue weighted by molar-refractivity contribution is -0.120. The minimum Gasteiger partial charge on any atom is -0.355 e. The second kappa shape index (κ2) is 9.11. The van der Waals surface area contributed by atoms with Crippen LogP contribution in [0.25, 0.3) is 10.4 Å². The number of nitrogens with zero attached hydrogens (tertiary/aromatic N) is 1. The van der Waals surface area contributed by atoms with Gasteiger partial charge < -0.3 is 10.6 Å². The molecule has 152 valence electrons. The van der Waals surface area contributed by atoms with E-state index in [-0.39, 0.29) is 22.5 Å². The molecule has 0 spiro atoms. The molecule has 0 radical (unpaired) electrons. The van der Waals surface area contributed by atoms with E-state index < -0.39 is 21.7 Å². The van der Waals surface area contributed by atoms with E-state index in [9.17, 15) is 22.4 Å². The normalized spacial score (nSPS) is 11.1. The maximum absolute atomic E-state index is 14.1. The van der Waals surface area contributed by atoms with E-state index in [0.717, 1.165) is 30.1 Å². The monoisotopic (exact) mass is 428 g/mol. The van der Waals surface area contributed by atoms with Crippen molar-refractivity contribution in [3.05, 3.63) is 29.7 Å². The second-order valence-corrected chi connectivity index (χ2v) is 8.99. The van der Waals surface area contributed by atoms with Crippen molar-refractivity contribution in [2.45, 2.75) is 25.2 Å². The first-order valence-electron chi connectivity index (χ1n) is 8.40. The van der Waals surface area contributed by atoms with E-state index >= 15 is 0 Å². The van der Waals surface area contributed by atoms with Crippen LogP contribution in [0.2, 0.25) is 0 Å². The molecule has 3 N–H and O–H groups in total. The largest absolute Gasteiger partial charge is 0.355 e. The standard InChI is InChI=1S/C17H21FN4O4S2/c1-4-7-19-14(23)9-20-16(24)22-17-21-10(2)15(27-17)11-5-6-13(12(18)8-11)28(3,25)26/h5-6,8H,4,7,9H2,1-3H3,(H,19,23)(H2,20,21,22,24). The summed E-state index contributed by atoms with van der Waals surface area (Å²) in [5.41, 5.74) is 1.000. The lowest BCUT2D eigenvalue weighted by Crippen LogP contribution is -2.39. The van der Waals surface area contributed by atoms with Crippen molar-refractivity contribution in [1.29, 1.82) is 0 Å². The van der Waals surface area contributed by atoms with E-state index in [4.69, 9.17) is 0 Å². The molecular weight excluding hydrogens is 407 g/mol. The molecule has 0 aliphatic carbocycles. The number of carbonyl (C=O) groups excluding carboxylic acids is 2. The molecule has 2 rings (SSSR count). The maximum atomic E-state index is 14.1. The van der Waals surface area contributed by atoms with E-state index in [1.54, 1.807) is 6.92 Å². The summed E-state index contributed by atoms with van der Waals surface area (Å²) in [4.78, 5) is 27.8. The van der Waals surface area contributed by atoms with Crippen LogP contribution in [0.15, 0.2) is 23.1 Å². The van der Waals surface area contributed by atoms with E-state index in [1.807, 2.05) is 6.92 Å². The van der Waals surface area contributed by atoms with Crippen LogP contribution in [-0.4, -0.2) is 44.7 Å². The summed E-state index contributed by atoms with van der Waals surface area (Å²) in [6, 6.07) is 3.22. The van der Waals surface area contributed by atoms with Crippen molar-refractivity contribution < 1.29 is 22.4 Å². The predicted octanol–water partition coefficient (Wildman–Crippen LogP) is 2.31. The summed E-state index contributed by atoms with van der Waals surface area (Å²) in [6.45, 7) is 3.98. The zero-order chi connectivity index (χ0) is 20.9. The first-order chi connectivity index (χ1) is 13.1. The molecule has 2 aromatic rings. The number of halogens is 1. The molecule has 0 saturated carbocycles. The Kier molecular flexibility index (Phi) is 7.08. The average Bonchev–Trinajstić information content (AvgIpc) is 2.97. The number of carbonyl (C=O) groups is 2. The van der Waals surface area contributed by atoms with Gasteiger partial charge in [-0.05, 0) is 31.0 Å². The Balaban J connectivity index is 2.08. The lowest BCUT2D eigenvalue weighted by Gasteiger charge is -2.06. The maximum Gasteiger partial charge on any atom is 0.321 e. The fourth-order valence-electron chi connectivity index (χ4n) is 2.29. The molecule has 0 bridgehead atoms. The third kappa shape index (κ3) is 5.73.